The summed E-state index contributed by atoms with van der Waals surface area (Å²) in [4.78, 5) is 26.0. The quantitative estimate of drug-likeness (QED) is 0.765. The molecule has 0 spiro atoms. The average Bonchev–Trinajstić information content (AvgIpc) is 2.46. The molecule has 0 aliphatic carbocycles. The zero-order chi connectivity index (χ0) is 15.8. The first-order chi connectivity index (χ1) is 9.96. The van der Waals surface area contributed by atoms with Crippen LogP contribution in [0.2, 0.25) is 0 Å². The fourth-order valence-corrected chi connectivity index (χ4v) is 1.16. The fraction of sp³-hybridized carbons (Fsp3) is 0.462. The minimum absolute atomic E-state index is 0.0836. The summed E-state index contributed by atoms with van der Waals surface area (Å²) in [6, 6.07) is 1.37. The molecule has 0 radical (unpaired) electrons. The molecule has 1 rings (SSSR count). The van der Waals surface area contributed by atoms with Gasteiger partial charge in [-0.1, -0.05) is 13.8 Å². The van der Waals surface area contributed by atoms with Gasteiger partial charge in [0.05, 0.1) is 27.0 Å². The molecule has 116 valence electrons. The fourth-order valence-electron chi connectivity index (χ4n) is 1.16. The molecule has 1 heterocycles. The molecule has 0 fully saturated rings. The maximum absolute atomic E-state index is 11.1. The molecular formula is C13H17NO7. The minimum atomic E-state index is -0.932. The minimum Gasteiger partial charge on any atom is -0.488 e. The Hall–Kier alpha value is -2.51. The van der Waals surface area contributed by atoms with Crippen molar-refractivity contribution in [1.82, 2.24) is 4.98 Å². The Morgan fingerprint density at radius 2 is 1.76 bits per heavy atom. The van der Waals surface area contributed by atoms with Gasteiger partial charge in [0.2, 0.25) is 0 Å². The van der Waals surface area contributed by atoms with Crippen molar-refractivity contribution in [2.45, 2.75) is 13.8 Å². The number of methoxy groups -OCH3 is 2. The molecule has 0 amide bonds. The van der Waals surface area contributed by atoms with E-state index >= 15 is 0 Å². The van der Waals surface area contributed by atoms with E-state index in [0.717, 1.165) is 0 Å². The molecule has 1 aromatic heterocycles. The second kappa shape index (κ2) is 7.93. The van der Waals surface area contributed by atoms with Gasteiger partial charge in [-0.25, -0.2) is 14.6 Å². The zero-order valence-corrected chi connectivity index (χ0v) is 12.2. The Morgan fingerprint density at radius 3 is 2.33 bits per heavy atom. The first-order valence-corrected chi connectivity index (χ1v) is 6.10. The van der Waals surface area contributed by atoms with Crippen molar-refractivity contribution in [3.8, 4) is 17.4 Å². The molecule has 8 nitrogen and oxygen atoms in total. The summed E-state index contributed by atoms with van der Waals surface area (Å²) >= 11 is 0. The Kier molecular flexibility index (Phi) is 6.25. The molecule has 1 aromatic rings. The molecule has 0 saturated heterocycles. The lowest BCUT2D eigenvalue weighted by Crippen LogP contribution is -2.12. The van der Waals surface area contributed by atoms with Gasteiger partial charge in [0.1, 0.15) is 0 Å². The smallest absolute Gasteiger partial charge is 0.488 e. The van der Waals surface area contributed by atoms with Crippen LogP contribution in [0.1, 0.15) is 13.8 Å². The molecule has 21 heavy (non-hydrogen) atoms. The maximum atomic E-state index is 11.1. The number of pyridine rings is 1. The van der Waals surface area contributed by atoms with Crippen LogP contribution in [-0.2, 0) is 9.47 Å². The monoisotopic (exact) mass is 299 g/mol. The van der Waals surface area contributed by atoms with Crippen LogP contribution < -0.4 is 14.2 Å². The van der Waals surface area contributed by atoms with E-state index in [4.69, 9.17) is 14.2 Å². The molecule has 0 unspecified atom stereocenters. The summed E-state index contributed by atoms with van der Waals surface area (Å²) in [5.41, 5.74) is 0. The van der Waals surface area contributed by atoms with Crippen molar-refractivity contribution in [2.75, 3.05) is 20.8 Å². The Morgan fingerprint density at radius 1 is 1.14 bits per heavy atom. The van der Waals surface area contributed by atoms with E-state index < -0.39 is 12.3 Å². The number of ether oxygens (including phenoxy) is 5. The van der Waals surface area contributed by atoms with Crippen LogP contribution in [-0.4, -0.2) is 38.1 Å². The van der Waals surface area contributed by atoms with Crippen LogP contribution >= 0.6 is 0 Å². The number of rotatable bonds is 5. The third-order valence-corrected chi connectivity index (χ3v) is 2.08. The molecule has 0 N–H and O–H groups in total. The van der Waals surface area contributed by atoms with E-state index in [1.165, 1.54) is 26.5 Å². The Labute approximate surface area is 121 Å². The van der Waals surface area contributed by atoms with E-state index in [9.17, 15) is 9.59 Å². The third kappa shape index (κ3) is 5.55. The number of aromatic nitrogens is 1. The highest BCUT2D eigenvalue weighted by Gasteiger charge is 2.16. The van der Waals surface area contributed by atoms with E-state index in [2.05, 4.69) is 14.5 Å². The molecule has 0 aromatic carbocycles. The van der Waals surface area contributed by atoms with Gasteiger partial charge in [0.15, 0.2) is 11.5 Å². The van der Waals surface area contributed by atoms with Gasteiger partial charge >= 0.3 is 12.3 Å². The topological polar surface area (TPSA) is 93.2 Å². The van der Waals surface area contributed by atoms with E-state index in [0.29, 0.717) is 6.61 Å². The van der Waals surface area contributed by atoms with Crippen LogP contribution in [0.15, 0.2) is 12.3 Å². The molecular weight excluding hydrogens is 282 g/mol. The van der Waals surface area contributed by atoms with Gasteiger partial charge in [0.25, 0.3) is 5.88 Å². The summed E-state index contributed by atoms with van der Waals surface area (Å²) in [6.45, 7) is 4.26. The summed E-state index contributed by atoms with van der Waals surface area (Å²) in [5, 5.41) is 0. The van der Waals surface area contributed by atoms with Crippen molar-refractivity contribution >= 4 is 12.3 Å². The Balaban J connectivity index is 2.95. The van der Waals surface area contributed by atoms with Gasteiger partial charge in [-0.2, -0.15) is 0 Å². The summed E-state index contributed by atoms with van der Waals surface area (Å²) < 4.78 is 23.9. The molecule has 0 bridgehead atoms. The standard InChI is InChI=1S/C13H17NO7/c1-8(2)7-19-10-5-9(20-12(15)17-3)6-14-11(10)21-13(16)18-4/h5-6,8H,7H2,1-4H3. The number of hydrogen-bond acceptors (Lipinski definition) is 8. The van der Waals surface area contributed by atoms with Crippen molar-refractivity contribution in [1.29, 1.82) is 0 Å². The highest BCUT2D eigenvalue weighted by molar-refractivity contribution is 5.65. The maximum Gasteiger partial charge on any atom is 0.515 e. The summed E-state index contributed by atoms with van der Waals surface area (Å²) in [5.74, 6) is 0.397. The van der Waals surface area contributed by atoms with Gasteiger partial charge in [-0.05, 0) is 5.92 Å². The molecule has 0 saturated carbocycles. The molecule has 0 aliphatic rings. The SMILES string of the molecule is COC(=O)Oc1cnc(OC(=O)OC)c(OCC(C)C)c1. The second-order valence-electron chi connectivity index (χ2n) is 4.29. The van der Waals surface area contributed by atoms with E-state index in [-0.39, 0.29) is 23.3 Å². The molecule has 0 aliphatic heterocycles. The van der Waals surface area contributed by atoms with Crippen molar-refractivity contribution in [2.24, 2.45) is 5.92 Å². The summed E-state index contributed by atoms with van der Waals surface area (Å²) in [6.07, 6.45) is -0.635. The van der Waals surface area contributed by atoms with Crippen LogP contribution in [0.4, 0.5) is 9.59 Å². The third-order valence-electron chi connectivity index (χ3n) is 2.08. The van der Waals surface area contributed by atoms with Crippen LogP contribution in [0.25, 0.3) is 0 Å². The lowest BCUT2D eigenvalue weighted by molar-refractivity contribution is 0.115. The lowest BCUT2D eigenvalue weighted by atomic mass is 10.2. The highest BCUT2D eigenvalue weighted by Crippen LogP contribution is 2.29. The first-order valence-electron chi connectivity index (χ1n) is 6.10. The lowest BCUT2D eigenvalue weighted by Gasteiger charge is -2.12. The normalized spacial score (nSPS) is 9.95. The van der Waals surface area contributed by atoms with Gasteiger partial charge in [-0.3, -0.25) is 0 Å². The predicted molar refractivity (Wildman–Crippen MR) is 70.6 cm³/mol. The first kappa shape index (κ1) is 16.5. The van der Waals surface area contributed by atoms with Crippen molar-refractivity contribution < 1.29 is 33.3 Å². The largest absolute Gasteiger partial charge is 0.515 e. The van der Waals surface area contributed by atoms with Gasteiger partial charge in [0, 0.05) is 6.07 Å². The predicted octanol–water partition coefficient (Wildman–Crippen LogP) is 2.41. The molecule has 0 atom stereocenters. The number of hydrogen-bond donors (Lipinski definition) is 0. The van der Waals surface area contributed by atoms with Crippen molar-refractivity contribution in [3.63, 3.8) is 0 Å². The summed E-state index contributed by atoms with van der Waals surface area (Å²) in [7, 11) is 2.35. The van der Waals surface area contributed by atoms with E-state index in [1.807, 2.05) is 13.8 Å². The number of nitrogens with zero attached hydrogens (tertiary/aromatic N) is 1. The Bertz CT molecular complexity index is 501. The van der Waals surface area contributed by atoms with Crippen LogP contribution in [0.3, 0.4) is 0 Å². The van der Waals surface area contributed by atoms with Crippen LogP contribution in [0.5, 0.6) is 17.4 Å². The zero-order valence-electron chi connectivity index (χ0n) is 12.2. The van der Waals surface area contributed by atoms with Crippen molar-refractivity contribution in [3.05, 3.63) is 12.3 Å². The van der Waals surface area contributed by atoms with Gasteiger partial charge in [-0.15, -0.1) is 0 Å². The highest BCUT2D eigenvalue weighted by atomic mass is 16.7. The average molecular weight is 299 g/mol. The van der Waals surface area contributed by atoms with Gasteiger partial charge < -0.3 is 23.7 Å². The second-order valence-corrected chi connectivity index (χ2v) is 4.29. The van der Waals surface area contributed by atoms with E-state index in [1.54, 1.807) is 0 Å². The number of carbonyl (C=O) groups excluding carboxylic acids is 2. The van der Waals surface area contributed by atoms with Crippen LogP contribution in [0, 0.1) is 5.92 Å². The molecule has 8 heteroatoms. The number of carbonyl (C=O) groups is 2.